The molecule has 0 aliphatic carbocycles. The summed E-state index contributed by atoms with van der Waals surface area (Å²) >= 11 is 0. The zero-order chi connectivity index (χ0) is 25.6. The second-order valence-corrected chi connectivity index (χ2v) is 6.82. The van der Waals surface area contributed by atoms with Gasteiger partial charge in [0.15, 0.2) is 5.96 Å². The largest absolute Gasteiger partial charge is 0.481 e. The molecule has 0 spiro atoms. The minimum atomic E-state index is -1.72. The van der Waals surface area contributed by atoms with Crippen LogP contribution in [0.25, 0.3) is 0 Å². The summed E-state index contributed by atoms with van der Waals surface area (Å²) in [5, 5.41) is 32.8. The Labute approximate surface area is 187 Å². The van der Waals surface area contributed by atoms with Crippen molar-refractivity contribution in [2.45, 2.75) is 50.2 Å². The average Bonchev–Trinajstić information content (AvgIpc) is 2.70. The highest BCUT2D eigenvalue weighted by Gasteiger charge is 2.26. The Morgan fingerprint density at radius 1 is 0.848 bits per heavy atom. The maximum absolute atomic E-state index is 12.4. The molecule has 3 atom stereocenters. The number of carbonyl (C=O) groups excluding carboxylic acids is 3. The fraction of sp³-hybridized carbons (Fsp3) is 0.588. The van der Waals surface area contributed by atoms with E-state index in [1.54, 1.807) is 0 Å². The molecule has 0 heterocycles. The minimum Gasteiger partial charge on any atom is -0.481 e. The lowest BCUT2D eigenvalue weighted by Gasteiger charge is -2.20. The number of carboxylic acid groups (broad SMARTS) is 3. The van der Waals surface area contributed by atoms with E-state index in [1.165, 1.54) is 0 Å². The van der Waals surface area contributed by atoms with E-state index in [0.717, 1.165) is 0 Å². The van der Waals surface area contributed by atoms with Crippen molar-refractivity contribution in [2.24, 2.45) is 22.2 Å². The van der Waals surface area contributed by atoms with E-state index in [4.69, 9.17) is 32.5 Å². The zero-order valence-corrected chi connectivity index (χ0v) is 17.7. The van der Waals surface area contributed by atoms with Gasteiger partial charge in [0.25, 0.3) is 0 Å². The fourth-order valence-electron chi connectivity index (χ4n) is 2.38. The zero-order valence-electron chi connectivity index (χ0n) is 17.7. The van der Waals surface area contributed by atoms with Crippen LogP contribution in [0.2, 0.25) is 0 Å². The molecule has 3 amide bonds. The second-order valence-electron chi connectivity index (χ2n) is 6.82. The molecular formula is C17H29N7O9. The summed E-state index contributed by atoms with van der Waals surface area (Å²) < 4.78 is 0. The summed E-state index contributed by atoms with van der Waals surface area (Å²) in [4.78, 5) is 72.6. The number of guanidine groups is 1. The number of aliphatic carboxylic acids is 3. The molecule has 33 heavy (non-hydrogen) atoms. The van der Waals surface area contributed by atoms with E-state index in [0.29, 0.717) is 6.42 Å². The predicted octanol–water partition coefficient (Wildman–Crippen LogP) is -4.12. The van der Waals surface area contributed by atoms with Crippen molar-refractivity contribution < 1.29 is 44.1 Å². The van der Waals surface area contributed by atoms with Crippen LogP contribution in [0.4, 0.5) is 0 Å². The van der Waals surface area contributed by atoms with E-state index in [9.17, 15) is 28.8 Å². The molecule has 0 bridgehead atoms. The molecule has 16 heteroatoms. The second kappa shape index (κ2) is 15.0. The molecule has 0 fully saturated rings. The van der Waals surface area contributed by atoms with Crippen molar-refractivity contribution in [1.29, 1.82) is 0 Å². The maximum atomic E-state index is 12.4. The Morgan fingerprint density at radius 3 is 2.00 bits per heavy atom. The highest BCUT2D eigenvalue weighted by atomic mass is 16.4. The van der Waals surface area contributed by atoms with Crippen molar-refractivity contribution in [3.8, 4) is 0 Å². The van der Waals surface area contributed by atoms with Gasteiger partial charge in [0.05, 0.1) is 19.0 Å². The van der Waals surface area contributed by atoms with Gasteiger partial charge in [-0.2, -0.15) is 0 Å². The first-order chi connectivity index (χ1) is 15.3. The predicted molar refractivity (Wildman–Crippen MR) is 112 cm³/mol. The van der Waals surface area contributed by atoms with Crippen LogP contribution in [0.15, 0.2) is 4.99 Å². The number of rotatable bonds is 16. The molecule has 0 aromatic rings. The topological polar surface area (TPSA) is 290 Å². The van der Waals surface area contributed by atoms with Crippen molar-refractivity contribution in [3.63, 3.8) is 0 Å². The van der Waals surface area contributed by atoms with E-state index >= 15 is 0 Å². The van der Waals surface area contributed by atoms with Gasteiger partial charge in [-0.05, 0) is 19.3 Å². The Balaban J connectivity index is 4.90. The van der Waals surface area contributed by atoms with Crippen LogP contribution < -0.4 is 33.2 Å². The lowest BCUT2D eigenvalue weighted by Crippen LogP contribution is -2.53. The molecule has 3 unspecified atom stereocenters. The first-order valence-corrected chi connectivity index (χ1v) is 9.68. The number of hydrogen-bond donors (Lipinski definition) is 9. The molecule has 0 saturated heterocycles. The van der Waals surface area contributed by atoms with Crippen LogP contribution in [0, 0.1) is 0 Å². The summed E-state index contributed by atoms with van der Waals surface area (Å²) in [5.41, 5.74) is 16.1. The van der Waals surface area contributed by atoms with Crippen LogP contribution >= 0.6 is 0 Å². The number of nitrogens with two attached hydrogens (primary N) is 3. The third kappa shape index (κ3) is 13.9. The minimum absolute atomic E-state index is 0.125. The van der Waals surface area contributed by atoms with Crippen molar-refractivity contribution in [3.05, 3.63) is 0 Å². The van der Waals surface area contributed by atoms with Crippen LogP contribution in [0.5, 0.6) is 0 Å². The summed E-state index contributed by atoms with van der Waals surface area (Å²) in [6, 6.07) is -4.11. The molecular weight excluding hydrogens is 446 g/mol. The number of carbonyl (C=O) groups is 6. The highest BCUT2D eigenvalue weighted by Crippen LogP contribution is 2.02. The highest BCUT2D eigenvalue weighted by molar-refractivity contribution is 5.93. The van der Waals surface area contributed by atoms with Crippen LogP contribution in [-0.2, 0) is 28.8 Å². The smallest absolute Gasteiger partial charge is 0.326 e. The van der Waals surface area contributed by atoms with E-state index in [1.807, 2.05) is 5.32 Å². The molecule has 0 aromatic carbocycles. The molecule has 186 valence electrons. The molecule has 16 nitrogen and oxygen atoms in total. The van der Waals surface area contributed by atoms with Gasteiger partial charge in [-0.25, -0.2) is 4.79 Å². The number of hydrogen-bond acceptors (Lipinski definition) is 8. The molecule has 0 radical (unpaired) electrons. The van der Waals surface area contributed by atoms with Crippen LogP contribution in [0.3, 0.4) is 0 Å². The molecule has 0 aromatic heterocycles. The lowest BCUT2D eigenvalue weighted by atomic mass is 10.1. The van der Waals surface area contributed by atoms with Gasteiger partial charge in [-0.1, -0.05) is 0 Å². The van der Waals surface area contributed by atoms with Gasteiger partial charge >= 0.3 is 17.9 Å². The molecule has 0 saturated carbocycles. The average molecular weight is 475 g/mol. The number of aliphatic imine (C=N–C) groups is 1. The number of carboxylic acids is 3. The fourth-order valence-corrected chi connectivity index (χ4v) is 2.38. The van der Waals surface area contributed by atoms with Crippen LogP contribution in [-0.4, -0.2) is 88.1 Å². The Hall–Kier alpha value is -3.95. The Morgan fingerprint density at radius 2 is 1.48 bits per heavy atom. The maximum Gasteiger partial charge on any atom is 0.326 e. The third-order valence-electron chi connectivity index (χ3n) is 4.02. The molecule has 12 N–H and O–H groups in total. The summed E-state index contributed by atoms with van der Waals surface area (Å²) in [6.07, 6.45) is -1.15. The quantitative estimate of drug-likeness (QED) is 0.0584. The Bertz CT molecular complexity index is 768. The Kier molecular flexibility index (Phi) is 13.2. The van der Waals surface area contributed by atoms with Gasteiger partial charge in [0.2, 0.25) is 17.7 Å². The van der Waals surface area contributed by atoms with Gasteiger partial charge in [0, 0.05) is 13.0 Å². The van der Waals surface area contributed by atoms with Gasteiger partial charge in [0.1, 0.15) is 12.1 Å². The molecule has 0 aliphatic rings. The molecule has 0 rings (SSSR count). The van der Waals surface area contributed by atoms with E-state index in [2.05, 4.69) is 15.6 Å². The normalized spacial score (nSPS) is 13.0. The number of amides is 3. The summed E-state index contributed by atoms with van der Waals surface area (Å²) in [5.74, 6) is -7.08. The van der Waals surface area contributed by atoms with E-state index < -0.39 is 73.1 Å². The third-order valence-corrected chi connectivity index (χ3v) is 4.02. The first-order valence-electron chi connectivity index (χ1n) is 9.68. The standard InChI is InChI=1S/C17H29N7O9/c18-8(2-1-5-21-17(19)20)14(30)24-9(3-4-12(26)27)15(31)22-7-11(25)23-10(16(32)33)6-13(28)29/h8-10H,1-7,18H2,(H,22,31)(H,23,25)(H,24,30)(H,26,27)(H,28,29)(H,32,33)(H4,19,20,21). The summed E-state index contributed by atoms with van der Waals surface area (Å²) in [6.45, 7) is -0.521. The van der Waals surface area contributed by atoms with Crippen molar-refractivity contribution in [1.82, 2.24) is 16.0 Å². The van der Waals surface area contributed by atoms with Gasteiger partial charge < -0.3 is 48.5 Å². The lowest BCUT2D eigenvalue weighted by molar-refractivity contribution is -0.147. The van der Waals surface area contributed by atoms with Gasteiger partial charge in [-0.15, -0.1) is 0 Å². The SMILES string of the molecule is NC(N)=NCCCC(N)C(=O)NC(CCC(=O)O)C(=O)NCC(=O)NC(CC(=O)O)C(=O)O. The summed E-state index contributed by atoms with van der Waals surface area (Å²) in [7, 11) is 0. The number of nitrogens with zero attached hydrogens (tertiary/aromatic N) is 1. The monoisotopic (exact) mass is 475 g/mol. The number of nitrogens with one attached hydrogen (secondary N) is 3. The van der Waals surface area contributed by atoms with Crippen molar-refractivity contribution >= 4 is 41.6 Å². The first kappa shape index (κ1) is 29.0. The van der Waals surface area contributed by atoms with Crippen LogP contribution in [0.1, 0.15) is 32.1 Å². The van der Waals surface area contributed by atoms with Gasteiger partial charge in [-0.3, -0.25) is 29.0 Å². The molecule has 0 aliphatic heterocycles. The van der Waals surface area contributed by atoms with E-state index in [-0.39, 0.29) is 25.3 Å². The van der Waals surface area contributed by atoms with Crippen molar-refractivity contribution in [2.75, 3.05) is 13.1 Å².